The van der Waals surface area contributed by atoms with Crippen molar-refractivity contribution in [3.8, 4) is 0 Å². The van der Waals surface area contributed by atoms with Crippen LogP contribution < -0.4 is 16.0 Å². The largest absolute Gasteiger partial charge is 0.355 e. The van der Waals surface area contributed by atoms with Crippen molar-refractivity contribution in [1.29, 1.82) is 0 Å². The van der Waals surface area contributed by atoms with Gasteiger partial charge < -0.3 is 16.0 Å². The molecule has 0 aliphatic rings. The average Bonchev–Trinajstić information content (AvgIpc) is 2.62. The Morgan fingerprint density at radius 2 is 1.83 bits per heavy atom. The summed E-state index contributed by atoms with van der Waals surface area (Å²) in [5, 5.41) is 9.20. The molecule has 0 spiro atoms. The highest BCUT2D eigenvalue weighted by Crippen LogP contribution is 1.97. The van der Waals surface area contributed by atoms with E-state index in [-0.39, 0.29) is 5.91 Å². The molecule has 0 aliphatic heterocycles. The van der Waals surface area contributed by atoms with E-state index in [0.717, 1.165) is 0 Å². The number of carbonyl (C=O) groups is 1. The van der Waals surface area contributed by atoms with Crippen LogP contribution in [0.25, 0.3) is 0 Å². The summed E-state index contributed by atoms with van der Waals surface area (Å²) in [4.78, 5) is 19.9. The first kappa shape index (κ1) is 16.5. The third kappa shape index (κ3) is 5.78. The van der Waals surface area contributed by atoms with Crippen LogP contribution in [0.15, 0.2) is 59.9 Å². The summed E-state index contributed by atoms with van der Waals surface area (Å²) in [5.41, 5.74) is 1.74. The predicted octanol–water partition coefficient (Wildman–Crippen LogP) is 1.18. The van der Waals surface area contributed by atoms with Crippen molar-refractivity contribution < 1.29 is 4.79 Å². The van der Waals surface area contributed by atoms with E-state index >= 15 is 0 Å². The topological polar surface area (TPSA) is 78.4 Å². The van der Waals surface area contributed by atoms with Crippen LogP contribution in [0.2, 0.25) is 0 Å². The van der Waals surface area contributed by atoms with Gasteiger partial charge in [0, 0.05) is 39.1 Å². The summed E-state index contributed by atoms with van der Waals surface area (Å²) in [6.45, 7) is 1.78. The van der Waals surface area contributed by atoms with Gasteiger partial charge in [-0.25, -0.2) is 0 Å². The highest BCUT2D eigenvalue weighted by atomic mass is 16.1. The lowest BCUT2D eigenvalue weighted by atomic mass is 10.2. The highest BCUT2D eigenvalue weighted by Gasteiger charge is 2.04. The number of nitrogens with one attached hydrogen (secondary N) is 3. The molecule has 0 bridgehead atoms. The molecule has 0 fully saturated rings. The molecular weight excluding hydrogens is 290 g/mol. The number of guanidine groups is 1. The minimum absolute atomic E-state index is 0.132. The number of aromatic nitrogens is 1. The van der Waals surface area contributed by atoms with Crippen LogP contribution in [0.5, 0.6) is 0 Å². The van der Waals surface area contributed by atoms with E-state index < -0.39 is 0 Å². The van der Waals surface area contributed by atoms with Gasteiger partial charge in [0.05, 0.1) is 5.56 Å². The minimum Gasteiger partial charge on any atom is -0.355 e. The Hall–Kier alpha value is -2.89. The number of hydrogen-bond acceptors (Lipinski definition) is 3. The number of benzene rings is 1. The summed E-state index contributed by atoms with van der Waals surface area (Å²) in [5.74, 6) is 0.566. The first-order valence-electron chi connectivity index (χ1n) is 7.46. The third-order valence-corrected chi connectivity index (χ3v) is 3.15. The molecule has 2 rings (SSSR count). The fourth-order valence-electron chi connectivity index (χ4n) is 1.96. The first-order chi connectivity index (χ1) is 11.3. The molecule has 6 heteroatoms. The lowest BCUT2D eigenvalue weighted by Gasteiger charge is -2.12. The number of amides is 1. The van der Waals surface area contributed by atoms with Gasteiger partial charge in [-0.2, -0.15) is 0 Å². The van der Waals surface area contributed by atoms with Crippen LogP contribution in [-0.2, 0) is 6.54 Å². The highest BCUT2D eigenvalue weighted by molar-refractivity contribution is 5.93. The monoisotopic (exact) mass is 311 g/mol. The molecule has 0 atom stereocenters. The van der Waals surface area contributed by atoms with Crippen LogP contribution in [0.1, 0.15) is 15.9 Å². The van der Waals surface area contributed by atoms with E-state index in [4.69, 9.17) is 0 Å². The van der Waals surface area contributed by atoms with Crippen LogP contribution >= 0.6 is 0 Å². The molecule has 6 nitrogen and oxygen atoms in total. The molecule has 1 amide bonds. The summed E-state index contributed by atoms with van der Waals surface area (Å²) in [6.07, 6.45) is 3.18. The fraction of sp³-hybridized carbons (Fsp3) is 0.235. The number of carbonyl (C=O) groups excluding carboxylic acids is 1. The van der Waals surface area contributed by atoms with Gasteiger partial charge >= 0.3 is 0 Å². The Balaban J connectivity index is 1.67. The third-order valence-electron chi connectivity index (χ3n) is 3.15. The van der Waals surface area contributed by atoms with Gasteiger partial charge in [0.2, 0.25) is 0 Å². The Morgan fingerprint density at radius 1 is 1.04 bits per heavy atom. The SMILES string of the molecule is CN=C(NCCNC(=O)c1cccnc1)NCc1ccccc1. The van der Waals surface area contributed by atoms with Crippen molar-refractivity contribution in [2.24, 2.45) is 4.99 Å². The maximum Gasteiger partial charge on any atom is 0.252 e. The summed E-state index contributed by atoms with van der Waals surface area (Å²) >= 11 is 0. The van der Waals surface area contributed by atoms with Crippen LogP contribution in [0.4, 0.5) is 0 Å². The van der Waals surface area contributed by atoms with Crippen LogP contribution in [0.3, 0.4) is 0 Å². The van der Waals surface area contributed by atoms with E-state index in [1.54, 1.807) is 31.6 Å². The zero-order valence-corrected chi connectivity index (χ0v) is 13.1. The molecule has 0 saturated heterocycles. The molecule has 0 unspecified atom stereocenters. The van der Waals surface area contributed by atoms with Gasteiger partial charge in [0.25, 0.3) is 5.91 Å². The molecule has 1 heterocycles. The van der Waals surface area contributed by atoms with E-state index in [1.165, 1.54) is 5.56 Å². The quantitative estimate of drug-likeness (QED) is 0.425. The predicted molar refractivity (Wildman–Crippen MR) is 91.2 cm³/mol. The van der Waals surface area contributed by atoms with Crippen LogP contribution in [-0.4, -0.2) is 37.0 Å². The van der Waals surface area contributed by atoms with E-state index in [2.05, 4.69) is 25.9 Å². The molecule has 1 aromatic heterocycles. The molecule has 0 radical (unpaired) electrons. The van der Waals surface area contributed by atoms with Crippen molar-refractivity contribution in [3.05, 3.63) is 66.0 Å². The number of rotatable bonds is 6. The Labute approximate surface area is 136 Å². The minimum atomic E-state index is -0.132. The van der Waals surface area contributed by atoms with E-state index in [9.17, 15) is 4.79 Å². The molecule has 0 aliphatic carbocycles. The maximum atomic E-state index is 11.8. The van der Waals surface area contributed by atoms with Gasteiger partial charge in [-0.3, -0.25) is 14.8 Å². The van der Waals surface area contributed by atoms with Crippen molar-refractivity contribution in [2.45, 2.75) is 6.54 Å². The Kier molecular flexibility index (Phi) is 6.59. The van der Waals surface area contributed by atoms with Crippen LogP contribution in [0, 0.1) is 0 Å². The van der Waals surface area contributed by atoms with Gasteiger partial charge in [-0.05, 0) is 17.7 Å². The molecule has 120 valence electrons. The van der Waals surface area contributed by atoms with Gasteiger partial charge in [-0.1, -0.05) is 30.3 Å². The zero-order valence-electron chi connectivity index (χ0n) is 13.1. The molecule has 1 aromatic carbocycles. The second kappa shape index (κ2) is 9.19. The average molecular weight is 311 g/mol. The van der Waals surface area contributed by atoms with E-state index in [1.807, 2.05) is 30.3 Å². The van der Waals surface area contributed by atoms with E-state index in [0.29, 0.717) is 31.2 Å². The molecule has 0 saturated carbocycles. The first-order valence-corrected chi connectivity index (χ1v) is 7.46. The fourth-order valence-corrected chi connectivity index (χ4v) is 1.96. The van der Waals surface area contributed by atoms with Crippen molar-refractivity contribution >= 4 is 11.9 Å². The van der Waals surface area contributed by atoms with Crippen molar-refractivity contribution in [3.63, 3.8) is 0 Å². The molecular formula is C17H21N5O. The summed E-state index contributed by atoms with van der Waals surface area (Å²) in [7, 11) is 1.72. The molecule has 2 aromatic rings. The lowest BCUT2D eigenvalue weighted by molar-refractivity contribution is 0.0954. The maximum absolute atomic E-state index is 11.8. The second-order valence-corrected chi connectivity index (χ2v) is 4.84. The van der Waals surface area contributed by atoms with Crippen molar-refractivity contribution in [1.82, 2.24) is 20.9 Å². The molecule has 3 N–H and O–H groups in total. The summed E-state index contributed by atoms with van der Waals surface area (Å²) in [6, 6.07) is 13.6. The second-order valence-electron chi connectivity index (χ2n) is 4.84. The zero-order chi connectivity index (χ0) is 16.3. The van der Waals surface area contributed by atoms with Gasteiger partial charge in [-0.15, -0.1) is 0 Å². The standard InChI is InChI=1S/C17H21N5O/c1-18-17(22-12-14-6-3-2-4-7-14)21-11-10-20-16(23)15-8-5-9-19-13-15/h2-9,13H,10-12H2,1H3,(H,20,23)(H2,18,21,22). The summed E-state index contributed by atoms with van der Waals surface area (Å²) < 4.78 is 0. The normalized spacial score (nSPS) is 10.9. The Bertz CT molecular complexity index is 628. The number of hydrogen-bond donors (Lipinski definition) is 3. The number of aliphatic imine (C=N–C) groups is 1. The van der Waals surface area contributed by atoms with Gasteiger partial charge in [0.1, 0.15) is 0 Å². The van der Waals surface area contributed by atoms with Crippen molar-refractivity contribution in [2.75, 3.05) is 20.1 Å². The number of nitrogens with zero attached hydrogens (tertiary/aromatic N) is 2. The molecule has 23 heavy (non-hydrogen) atoms. The lowest BCUT2D eigenvalue weighted by Crippen LogP contribution is -2.41. The van der Waals surface area contributed by atoms with Gasteiger partial charge in [0.15, 0.2) is 5.96 Å². The number of pyridine rings is 1. The Morgan fingerprint density at radius 3 is 2.52 bits per heavy atom. The smallest absolute Gasteiger partial charge is 0.252 e.